The van der Waals surface area contributed by atoms with Gasteiger partial charge < -0.3 is 0 Å². The van der Waals surface area contributed by atoms with Crippen molar-refractivity contribution in [2.75, 3.05) is 25.5 Å². The van der Waals surface area contributed by atoms with E-state index in [1.54, 1.807) is 14.1 Å². The normalized spacial score (nSPS) is 17.0. The number of anilines is 1. The Kier molecular flexibility index (Phi) is 2.13. The summed E-state index contributed by atoms with van der Waals surface area (Å²) in [6.45, 7) is 0.0837. The standard InChI is InChI=1S/C7H8N4O2Se/c1-10-3-4(12)11(2)6-5(7(10)13)8-14-9-6/h3H2,1-2H3. The van der Waals surface area contributed by atoms with E-state index < -0.39 is 0 Å². The maximum atomic E-state index is 11.7. The van der Waals surface area contributed by atoms with Gasteiger partial charge in [-0.2, -0.15) is 0 Å². The molecule has 2 heterocycles. The SMILES string of the molecule is CN1CC(=O)N(C)c2n[se]nc2C1=O. The molecule has 0 bridgehead atoms. The minimum atomic E-state index is -0.285. The molecule has 1 aromatic heterocycles. The summed E-state index contributed by atoms with van der Waals surface area (Å²) >= 11 is -0.285. The van der Waals surface area contributed by atoms with E-state index in [4.69, 9.17) is 0 Å². The Morgan fingerprint density at radius 2 is 2.00 bits per heavy atom. The fourth-order valence-electron chi connectivity index (χ4n) is 1.22. The summed E-state index contributed by atoms with van der Waals surface area (Å²) in [6, 6.07) is 0. The van der Waals surface area contributed by atoms with Crippen molar-refractivity contribution in [3.05, 3.63) is 5.69 Å². The first-order valence-corrected chi connectivity index (χ1v) is 5.49. The van der Waals surface area contributed by atoms with Crippen LogP contribution in [0.4, 0.5) is 5.82 Å². The summed E-state index contributed by atoms with van der Waals surface area (Å²) in [5.41, 5.74) is 0.320. The third-order valence-electron chi connectivity index (χ3n) is 2.08. The van der Waals surface area contributed by atoms with E-state index in [9.17, 15) is 9.59 Å². The first-order valence-electron chi connectivity index (χ1n) is 3.96. The van der Waals surface area contributed by atoms with Gasteiger partial charge in [-0.1, -0.05) is 0 Å². The zero-order valence-corrected chi connectivity index (χ0v) is 9.43. The number of likely N-dealkylation sites (N-methyl/N-ethyl adjacent to an activating group) is 2. The van der Waals surface area contributed by atoms with Gasteiger partial charge in [0.15, 0.2) is 0 Å². The van der Waals surface area contributed by atoms with Crippen molar-refractivity contribution in [3.63, 3.8) is 0 Å². The van der Waals surface area contributed by atoms with Crippen LogP contribution in [-0.2, 0) is 4.79 Å². The van der Waals surface area contributed by atoms with Gasteiger partial charge in [-0.15, -0.1) is 0 Å². The van der Waals surface area contributed by atoms with Crippen LogP contribution in [0.3, 0.4) is 0 Å². The molecule has 0 aromatic carbocycles. The molecule has 6 nitrogen and oxygen atoms in total. The molecule has 2 rings (SSSR count). The molecule has 0 saturated carbocycles. The van der Waals surface area contributed by atoms with Crippen LogP contribution in [0.5, 0.6) is 0 Å². The van der Waals surface area contributed by atoms with E-state index in [1.807, 2.05) is 0 Å². The molecule has 0 spiro atoms. The summed E-state index contributed by atoms with van der Waals surface area (Å²) < 4.78 is 8.09. The Labute approximate surface area is 86.7 Å². The average Bonchev–Trinajstić information content (AvgIpc) is 2.60. The predicted molar refractivity (Wildman–Crippen MR) is 49.3 cm³/mol. The Balaban J connectivity index is 2.54. The summed E-state index contributed by atoms with van der Waals surface area (Å²) in [5, 5.41) is 0. The van der Waals surface area contributed by atoms with Crippen LogP contribution in [0.25, 0.3) is 0 Å². The van der Waals surface area contributed by atoms with Gasteiger partial charge >= 0.3 is 86.3 Å². The Bertz CT molecular complexity index is 402. The van der Waals surface area contributed by atoms with E-state index in [0.717, 1.165) is 0 Å². The minimum absolute atomic E-state index is 0.0837. The van der Waals surface area contributed by atoms with Crippen molar-refractivity contribution in [1.82, 2.24) is 12.9 Å². The zero-order chi connectivity index (χ0) is 10.3. The molecular weight excluding hydrogens is 251 g/mol. The van der Waals surface area contributed by atoms with Crippen LogP contribution in [0, 0.1) is 0 Å². The number of nitrogens with zero attached hydrogens (tertiary/aromatic N) is 4. The Morgan fingerprint density at radius 3 is 2.71 bits per heavy atom. The van der Waals surface area contributed by atoms with Gasteiger partial charge in [0.05, 0.1) is 0 Å². The molecule has 1 aliphatic heterocycles. The second-order valence-electron chi connectivity index (χ2n) is 3.05. The van der Waals surface area contributed by atoms with E-state index in [2.05, 4.69) is 7.96 Å². The van der Waals surface area contributed by atoms with Crippen molar-refractivity contribution in [3.8, 4) is 0 Å². The van der Waals surface area contributed by atoms with Crippen molar-refractivity contribution >= 4 is 32.6 Å². The molecule has 0 saturated heterocycles. The number of carbonyl (C=O) groups excluding carboxylic acids is 2. The molecule has 2 amide bonds. The van der Waals surface area contributed by atoms with Crippen LogP contribution in [0.2, 0.25) is 0 Å². The quantitative estimate of drug-likeness (QED) is 0.536. The molecule has 1 aliphatic rings. The molecule has 0 aliphatic carbocycles. The molecular formula is C7H8N4O2Se. The maximum absolute atomic E-state index is 11.7. The molecule has 14 heavy (non-hydrogen) atoms. The fourth-order valence-corrected chi connectivity index (χ4v) is 2.41. The summed E-state index contributed by atoms with van der Waals surface area (Å²) in [6.07, 6.45) is 0. The number of rotatable bonds is 0. The monoisotopic (exact) mass is 260 g/mol. The molecule has 0 radical (unpaired) electrons. The van der Waals surface area contributed by atoms with Crippen molar-refractivity contribution in [2.45, 2.75) is 0 Å². The predicted octanol–water partition coefficient (Wildman–Crippen LogP) is -1.42. The van der Waals surface area contributed by atoms with Crippen LogP contribution in [-0.4, -0.2) is 60.3 Å². The van der Waals surface area contributed by atoms with Crippen molar-refractivity contribution in [2.24, 2.45) is 0 Å². The molecule has 7 heteroatoms. The number of hydrogen-bond donors (Lipinski definition) is 0. The second kappa shape index (κ2) is 3.18. The number of carbonyl (C=O) groups is 2. The second-order valence-corrected chi connectivity index (χ2v) is 4.16. The molecule has 0 N–H and O–H groups in total. The summed E-state index contributed by atoms with van der Waals surface area (Å²) in [5.74, 6) is 0.0627. The van der Waals surface area contributed by atoms with Gasteiger partial charge in [0, 0.05) is 0 Å². The fraction of sp³-hybridized carbons (Fsp3) is 0.429. The van der Waals surface area contributed by atoms with Crippen molar-refractivity contribution < 1.29 is 9.59 Å². The van der Waals surface area contributed by atoms with Gasteiger partial charge in [-0.05, 0) is 0 Å². The van der Waals surface area contributed by atoms with Gasteiger partial charge in [0.25, 0.3) is 0 Å². The summed E-state index contributed by atoms with van der Waals surface area (Å²) in [7, 11) is 3.20. The third kappa shape index (κ3) is 1.25. The first-order chi connectivity index (χ1) is 6.61. The topological polar surface area (TPSA) is 66.4 Å². The van der Waals surface area contributed by atoms with Crippen LogP contribution in [0.15, 0.2) is 0 Å². The first kappa shape index (κ1) is 9.36. The zero-order valence-electron chi connectivity index (χ0n) is 7.72. The van der Waals surface area contributed by atoms with Crippen LogP contribution < -0.4 is 4.90 Å². The van der Waals surface area contributed by atoms with E-state index in [0.29, 0.717) is 11.5 Å². The van der Waals surface area contributed by atoms with E-state index in [-0.39, 0.29) is 33.3 Å². The van der Waals surface area contributed by atoms with Gasteiger partial charge in [-0.25, -0.2) is 0 Å². The van der Waals surface area contributed by atoms with Gasteiger partial charge in [-0.3, -0.25) is 0 Å². The van der Waals surface area contributed by atoms with Crippen molar-refractivity contribution in [1.29, 1.82) is 0 Å². The Morgan fingerprint density at radius 1 is 1.29 bits per heavy atom. The number of amides is 2. The molecule has 1 aromatic rings. The average molecular weight is 259 g/mol. The van der Waals surface area contributed by atoms with Gasteiger partial charge in [0.1, 0.15) is 0 Å². The van der Waals surface area contributed by atoms with E-state index in [1.165, 1.54) is 9.80 Å². The van der Waals surface area contributed by atoms with E-state index >= 15 is 0 Å². The third-order valence-corrected chi connectivity index (χ3v) is 3.17. The summed E-state index contributed by atoms with van der Waals surface area (Å²) in [4.78, 5) is 25.9. The Hall–Kier alpha value is -1.20. The molecule has 0 atom stereocenters. The number of hydrogen-bond acceptors (Lipinski definition) is 4. The molecule has 0 fully saturated rings. The van der Waals surface area contributed by atoms with Crippen LogP contribution >= 0.6 is 0 Å². The molecule has 74 valence electrons. The molecule has 0 unspecified atom stereocenters. The van der Waals surface area contributed by atoms with Crippen LogP contribution in [0.1, 0.15) is 10.5 Å². The number of fused-ring (bicyclic) bond motifs is 1. The number of aromatic nitrogens is 2. The van der Waals surface area contributed by atoms with Gasteiger partial charge in [0.2, 0.25) is 0 Å².